The summed E-state index contributed by atoms with van der Waals surface area (Å²) >= 11 is 3.15. The van der Waals surface area contributed by atoms with Gasteiger partial charge in [-0.3, -0.25) is 4.79 Å². The molecule has 0 aliphatic rings. The molecule has 2 heterocycles. The molecule has 216 valence electrons. The molecule has 0 fully saturated rings. The number of fused-ring (bicyclic) bond motifs is 1. The number of hydrogen-bond acceptors (Lipinski definition) is 10. The lowest BCUT2D eigenvalue weighted by Gasteiger charge is -2.25. The zero-order valence-corrected chi connectivity index (χ0v) is 25.5. The Morgan fingerprint density at radius 2 is 1.12 bits per heavy atom. The largest absolute Gasteiger partial charge is 0.331 e. The fourth-order valence-electron chi connectivity index (χ4n) is 4.38. The molecule has 0 saturated carbocycles. The Labute approximate surface area is 256 Å². The molecule has 43 heavy (non-hydrogen) atoms. The highest BCUT2D eigenvalue weighted by atomic mass is 32.1. The fraction of sp³-hybridized carbons (Fsp3) is 0.121. The van der Waals surface area contributed by atoms with E-state index in [0.29, 0.717) is 22.6 Å². The molecule has 3 aromatic carbocycles. The van der Waals surface area contributed by atoms with E-state index in [1.807, 2.05) is 79.0 Å². The van der Waals surface area contributed by atoms with Gasteiger partial charge in [0.2, 0.25) is 0 Å². The number of thiophene rings is 2. The highest BCUT2D eigenvalue weighted by molar-refractivity contribution is 7.27. The van der Waals surface area contributed by atoms with Gasteiger partial charge >= 0.3 is 11.9 Å². The summed E-state index contributed by atoms with van der Waals surface area (Å²) in [6.45, 7) is 6.20. The van der Waals surface area contributed by atoms with Crippen LogP contribution in [0.1, 0.15) is 54.7 Å². The molecule has 0 aliphatic carbocycles. The fourth-order valence-corrected chi connectivity index (χ4v) is 6.83. The smallest absolute Gasteiger partial charge is 0.318 e. The lowest BCUT2D eigenvalue weighted by Crippen LogP contribution is -2.10. The first-order valence-corrected chi connectivity index (χ1v) is 15.0. The number of benzene rings is 3. The van der Waals surface area contributed by atoms with Gasteiger partial charge in [-0.2, -0.15) is 0 Å². The standard InChI is InChI=1S/C33H27N3O5S2/c1-20(34-40-22(3)37)24-10-14-27(15-11-24)36(28-16-12-26(13-17-28)31(39)25-8-6-5-7-9-25)30-19-43-32-29(18-42-33(30)32)21(2)35-41-23(4)38/h5-19H,1-4H3/b34-20-,35-21-. The second-order valence-corrected chi connectivity index (χ2v) is 11.3. The van der Waals surface area contributed by atoms with Crippen molar-refractivity contribution in [1.29, 1.82) is 0 Å². The van der Waals surface area contributed by atoms with Crippen molar-refractivity contribution in [3.05, 3.63) is 112 Å². The molecule has 0 spiro atoms. The molecule has 0 atom stereocenters. The summed E-state index contributed by atoms with van der Waals surface area (Å²) in [5, 5.41) is 12.0. The van der Waals surface area contributed by atoms with Crippen LogP contribution >= 0.6 is 22.7 Å². The molecule has 0 saturated heterocycles. The van der Waals surface area contributed by atoms with Gasteiger partial charge in [-0.25, -0.2) is 9.59 Å². The van der Waals surface area contributed by atoms with E-state index in [0.717, 1.165) is 37.6 Å². The quantitative estimate of drug-likeness (QED) is 0.0723. The number of anilines is 3. The summed E-state index contributed by atoms with van der Waals surface area (Å²) in [5.41, 5.74) is 6.80. The van der Waals surface area contributed by atoms with Crippen molar-refractivity contribution in [3.8, 4) is 0 Å². The van der Waals surface area contributed by atoms with Crippen molar-refractivity contribution in [3.63, 3.8) is 0 Å². The highest BCUT2D eigenvalue weighted by Gasteiger charge is 2.21. The van der Waals surface area contributed by atoms with Crippen LogP contribution in [0.2, 0.25) is 0 Å². The molecule has 0 radical (unpaired) electrons. The second-order valence-electron chi connectivity index (χ2n) is 9.57. The number of nitrogens with zero attached hydrogens (tertiary/aromatic N) is 3. The zero-order valence-electron chi connectivity index (χ0n) is 23.9. The van der Waals surface area contributed by atoms with Gasteiger partial charge in [-0.1, -0.05) is 52.8 Å². The maximum absolute atomic E-state index is 13.1. The van der Waals surface area contributed by atoms with Crippen LogP contribution < -0.4 is 4.90 Å². The average Bonchev–Trinajstić information content (AvgIpc) is 3.63. The van der Waals surface area contributed by atoms with Crippen LogP contribution in [0.15, 0.2) is 99.9 Å². The summed E-state index contributed by atoms with van der Waals surface area (Å²) < 4.78 is 2.06. The Bertz CT molecular complexity index is 1850. The zero-order chi connectivity index (χ0) is 30.5. The second kappa shape index (κ2) is 12.9. The molecule has 5 rings (SSSR count). The van der Waals surface area contributed by atoms with E-state index in [1.54, 1.807) is 41.7 Å². The van der Waals surface area contributed by atoms with Crippen LogP contribution in [0.4, 0.5) is 17.1 Å². The predicted molar refractivity (Wildman–Crippen MR) is 172 cm³/mol. The monoisotopic (exact) mass is 609 g/mol. The number of rotatable bonds is 9. The van der Waals surface area contributed by atoms with Crippen molar-refractivity contribution in [1.82, 2.24) is 0 Å². The number of ketones is 1. The molecule has 0 aliphatic heterocycles. The Kier molecular flexibility index (Phi) is 8.89. The van der Waals surface area contributed by atoms with Gasteiger partial charge in [0.1, 0.15) is 0 Å². The molecule has 0 N–H and O–H groups in total. The van der Waals surface area contributed by atoms with E-state index in [1.165, 1.54) is 13.8 Å². The molecule has 2 aromatic heterocycles. The van der Waals surface area contributed by atoms with Gasteiger partial charge < -0.3 is 14.6 Å². The van der Waals surface area contributed by atoms with E-state index < -0.39 is 11.9 Å². The Morgan fingerprint density at radius 3 is 1.70 bits per heavy atom. The summed E-state index contributed by atoms with van der Waals surface area (Å²) in [6.07, 6.45) is 0. The molecule has 10 heteroatoms. The number of carbonyl (C=O) groups excluding carboxylic acids is 3. The van der Waals surface area contributed by atoms with Crippen LogP contribution in [-0.2, 0) is 19.3 Å². The summed E-state index contributed by atoms with van der Waals surface area (Å²) in [4.78, 5) is 47.3. The van der Waals surface area contributed by atoms with E-state index in [9.17, 15) is 14.4 Å². The first kappa shape index (κ1) is 29.6. The Morgan fingerprint density at radius 1 is 0.605 bits per heavy atom. The van der Waals surface area contributed by atoms with Crippen molar-refractivity contribution < 1.29 is 24.1 Å². The third-order valence-corrected chi connectivity index (χ3v) is 8.62. The summed E-state index contributed by atoms with van der Waals surface area (Å²) in [6, 6.07) is 24.5. The van der Waals surface area contributed by atoms with Crippen molar-refractivity contribution in [2.45, 2.75) is 27.7 Å². The van der Waals surface area contributed by atoms with Crippen LogP contribution in [0, 0.1) is 0 Å². The topological polar surface area (TPSA) is 97.6 Å². The molecule has 8 nitrogen and oxygen atoms in total. The number of oxime groups is 2. The van der Waals surface area contributed by atoms with Gasteiger partial charge in [0.25, 0.3) is 0 Å². The maximum atomic E-state index is 13.1. The van der Waals surface area contributed by atoms with Crippen LogP contribution in [-0.4, -0.2) is 29.1 Å². The molecular formula is C33H27N3O5S2. The average molecular weight is 610 g/mol. The lowest BCUT2D eigenvalue weighted by atomic mass is 10.0. The molecule has 0 bridgehead atoms. The lowest BCUT2D eigenvalue weighted by molar-refractivity contribution is -0.141. The van der Waals surface area contributed by atoms with Gasteiger partial charge in [0, 0.05) is 52.7 Å². The Hall–Kier alpha value is -4.93. The van der Waals surface area contributed by atoms with E-state index in [4.69, 9.17) is 9.68 Å². The minimum Gasteiger partial charge on any atom is -0.318 e. The molecule has 0 unspecified atom stereocenters. The van der Waals surface area contributed by atoms with E-state index in [-0.39, 0.29) is 5.78 Å². The SMILES string of the molecule is CC(=O)O/N=C(/C)c1ccc(N(c2ccc(C(=O)c3ccccc3)cc2)c2csc3c(/C(C)=N\OC(C)=O)csc23)cc1. The van der Waals surface area contributed by atoms with Crippen molar-refractivity contribution in [2.75, 3.05) is 4.90 Å². The number of hydrogen-bond donors (Lipinski definition) is 0. The maximum Gasteiger partial charge on any atom is 0.331 e. The molecule has 0 amide bonds. The summed E-state index contributed by atoms with van der Waals surface area (Å²) in [7, 11) is 0. The van der Waals surface area contributed by atoms with E-state index >= 15 is 0 Å². The van der Waals surface area contributed by atoms with Crippen molar-refractivity contribution in [2.24, 2.45) is 10.3 Å². The Balaban J connectivity index is 1.56. The normalized spacial score (nSPS) is 11.8. The summed E-state index contributed by atoms with van der Waals surface area (Å²) in [5.74, 6) is -1.01. The van der Waals surface area contributed by atoms with Gasteiger partial charge in [-0.15, -0.1) is 22.7 Å². The van der Waals surface area contributed by atoms with E-state index in [2.05, 4.69) is 20.6 Å². The minimum atomic E-state index is -0.485. The highest BCUT2D eigenvalue weighted by Crippen LogP contribution is 2.46. The first-order valence-electron chi connectivity index (χ1n) is 13.3. The van der Waals surface area contributed by atoms with Gasteiger partial charge in [0.05, 0.1) is 26.5 Å². The van der Waals surface area contributed by atoms with Gasteiger partial charge in [-0.05, 0) is 55.8 Å². The first-order chi connectivity index (χ1) is 20.7. The third kappa shape index (κ3) is 6.61. The number of carbonyl (C=O) groups is 3. The predicted octanol–water partition coefficient (Wildman–Crippen LogP) is 8.24. The van der Waals surface area contributed by atoms with Gasteiger partial charge in [0.15, 0.2) is 5.78 Å². The van der Waals surface area contributed by atoms with Crippen molar-refractivity contribution >= 4 is 78.3 Å². The third-order valence-electron chi connectivity index (χ3n) is 6.49. The van der Waals surface area contributed by atoms with Crippen LogP contribution in [0.25, 0.3) is 9.40 Å². The minimum absolute atomic E-state index is 0.0473. The van der Waals surface area contributed by atoms with Crippen LogP contribution in [0.5, 0.6) is 0 Å². The molecule has 5 aromatic rings. The van der Waals surface area contributed by atoms with Crippen LogP contribution in [0.3, 0.4) is 0 Å². The molecular weight excluding hydrogens is 583 g/mol.